The minimum absolute atomic E-state index is 0.154. The van der Waals surface area contributed by atoms with Crippen molar-refractivity contribution in [3.63, 3.8) is 0 Å². The van der Waals surface area contributed by atoms with Gasteiger partial charge >= 0.3 is 11.9 Å². The smallest absolute Gasteiger partial charge is 0.306 e. The van der Waals surface area contributed by atoms with Crippen molar-refractivity contribution in [1.29, 1.82) is 0 Å². The largest absolute Gasteiger partial charge is 0.463 e. The number of rotatable bonds is 34. The first-order chi connectivity index (χ1) is 24.3. The number of ether oxygens (including phenoxy) is 2. The highest BCUT2D eigenvalue weighted by Gasteiger charge is 2.11. The summed E-state index contributed by atoms with van der Waals surface area (Å²) in [7, 11) is 0. The molecule has 50 heavy (non-hydrogen) atoms. The second-order valence-electron chi connectivity index (χ2n) is 13.7. The van der Waals surface area contributed by atoms with Crippen molar-refractivity contribution in [2.75, 3.05) is 13.2 Å². The van der Waals surface area contributed by atoms with Gasteiger partial charge in [-0.15, -0.1) is 0 Å². The molecule has 6 heteroatoms. The maximum atomic E-state index is 12.0. The second kappa shape index (κ2) is 37.6. The van der Waals surface area contributed by atoms with E-state index in [9.17, 15) is 19.8 Å². The average molecular weight is 699 g/mol. The molecule has 0 aliphatic carbocycles. The third-order valence-electron chi connectivity index (χ3n) is 8.23. The van der Waals surface area contributed by atoms with Gasteiger partial charge in [0.1, 0.15) is 19.3 Å². The van der Waals surface area contributed by atoms with E-state index in [0.717, 1.165) is 50.9 Å². The molecule has 2 atom stereocenters. The minimum atomic E-state index is -1.01. The number of carbonyl (C=O) groups excluding carboxylic acids is 2. The average Bonchev–Trinajstić information content (AvgIpc) is 3.09. The summed E-state index contributed by atoms with van der Waals surface area (Å²) in [6, 6.07) is 0. The number of allylic oxidation sites excluding steroid dienone is 10. The van der Waals surface area contributed by atoms with Gasteiger partial charge in [0.2, 0.25) is 0 Å². The van der Waals surface area contributed by atoms with E-state index < -0.39 is 12.2 Å². The van der Waals surface area contributed by atoms with Gasteiger partial charge in [-0.25, -0.2) is 0 Å². The van der Waals surface area contributed by atoms with Crippen LogP contribution in [-0.2, 0) is 19.1 Å². The summed E-state index contributed by atoms with van der Waals surface area (Å²) in [6.07, 6.45) is 45.7. The molecule has 0 radical (unpaired) electrons. The molecule has 0 aromatic rings. The van der Waals surface area contributed by atoms with E-state index in [2.05, 4.69) is 51.2 Å². The van der Waals surface area contributed by atoms with Crippen molar-refractivity contribution in [3.05, 3.63) is 72.9 Å². The molecule has 0 aliphatic rings. The van der Waals surface area contributed by atoms with E-state index in [-0.39, 0.29) is 31.6 Å². The molecule has 0 bridgehead atoms. The highest BCUT2D eigenvalue weighted by Crippen LogP contribution is 2.15. The van der Waals surface area contributed by atoms with Gasteiger partial charge in [-0.3, -0.25) is 9.59 Å². The molecule has 0 saturated heterocycles. The molecule has 2 N–H and O–H groups in total. The van der Waals surface area contributed by atoms with Crippen LogP contribution >= 0.6 is 0 Å². The summed E-state index contributed by atoms with van der Waals surface area (Å²) in [4.78, 5) is 23.9. The fraction of sp³-hybridized carbons (Fsp3) is 0.682. The fourth-order valence-electron chi connectivity index (χ4n) is 5.20. The number of hydrogen-bond donors (Lipinski definition) is 2. The van der Waals surface area contributed by atoms with Crippen molar-refractivity contribution in [2.24, 2.45) is 5.92 Å². The normalized spacial score (nSPS) is 13.7. The number of aliphatic hydroxyl groups is 2. The van der Waals surface area contributed by atoms with Gasteiger partial charge in [0, 0.05) is 12.8 Å². The molecule has 1 unspecified atom stereocenters. The molecule has 0 aliphatic heterocycles. The zero-order valence-corrected chi connectivity index (χ0v) is 32.2. The van der Waals surface area contributed by atoms with E-state index in [4.69, 9.17) is 9.47 Å². The molecule has 0 saturated carbocycles. The van der Waals surface area contributed by atoms with Crippen LogP contribution in [0.4, 0.5) is 0 Å². The zero-order chi connectivity index (χ0) is 36.8. The summed E-state index contributed by atoms with van der Waals surface area (Å²) < 4.78 is 10.3. The first kappa shape index (κ1) is 47.3. The maximum Gasteiger partial charge on any atom is 0.306 e. The Morgan fingerprint density at radius 3 is 1.62 bits per heavy atom. The lowest BCUT2D eigenvalue weighted by Crippen LogP contribution is -2.25. The van der Waals surface area contributed by atoms with E-state index in [1.807, 2.05) is 36.5 Å². The summed E-state index contributed by atoms with van der Waals surface area (Å²) >= 11 is 0. The van der Waals surface area contributed by atoms with Crippen LogP contribution in [-0.4, -0.2) is 47.6 Å². The molecule has 0 amide bonds. The highest BCUT2D eigenvalue weighted by molar-refractivity contribution is 5.70. The Bertz CT molecular complexity index is 958. The number of esters is 2. The van der Waals surface area contributed by atoms with Crippen molar-refractivity contribution in [3.8, 4) is 0 Å². The van der Waals surface area contributed by atoms with Gasteiger partial charge in [-0.1, -0.05) is 177 Å². The van der Waals surface area contributed by atoms with E-state index in [0.29, 0.717) is 19.3 Å². The van der Waals surface area contributed by atoms with Gasteiger partial charge in [0.05, 0.1) is 6.10 Å². The van der Waals surface area contributed by atoms with Crippen molar-refractivity contribution in [1.82, 2.24) is 0 Å². The number of unbranched alkanes of at least 4 members (excludes halogenated alkanes) is 12. The predicted octanol–water partition coefficient (Wildman–Crippen LogP) is 11.4. The molecule has 0 aromatic heterocycles. The monoisotopic (exact) mass is 699 g/mol. The molecular weight excluding hydrogens is 624 g/mol. The molecule has 0 fully saturated rings. The maximum absolute atomic E-state index is 12.0. The van der Waals surface area contributed by atoms with Gasteiger partial charge in [-0.2, -0.15) is 0 Å². The van der Waals surface area contributed by atoms with Gasteiger partial charge < -0.3 is 19.7 Å². The molecule has 0 rings (SSSR count). The van der Waals surface area contributed by atoms with Crippen LogP contribution in [0.25, 0.3) is 0 Å². The lowest BCUT2D eigenvalue weighted by atomic mass is 10.0. The quantitative estimate of drug-likeness (QED) is 0.0301. The lowest BCUT2D eigenvalue weighted by Gasteiger charge is -2.12. The van der Waals surface area contributed by atoms with Crippen LogP contribution in [0.5, 0.6) is 0 Å². The molecule has 286 valence electrons. The summed E-state index contributed by atoms with van der Waals surface area (Å²) in [5, 5.41) is 19.9. The SMILES string of the molecule is CC/C=C\C/C=C\CC(O)/C=C/C=C\C/C=C\C/C=C\CCC(=O)OC[C@H](O)COC(=O)CCCCCCCCCCCCCCCC(C)C. The van der Waals surface area contributed by atoms with Crippen molar-refractivity contribution >= 4 is 11.9 Å². The predicted molar refractivity (Wildman–Crippen MR) is 211 cm³/mol. The highest BCUT2D eigenvalue weighted by atomic mass is 16.6. The Morgan fingerprint density at radius 1 is 0.560 bits per heavy atom. The van der Waals surface area contributed by atoms with Gasteiger partial charge in [0.25, 0.3) is 0 Å². The summed E-state index contributed by atoms with van der Waals surface area (Å²) in [6.45, 7) is 6.39. The van der Waals surface area contributed by atoms with Gasteiger partial charge in [-0.05, 0) is 50.9 Å². The molecular formula is C44H74O6. The Hall–Kier alpha value is -2.70. The fourth-order valence-corrected chi connectivity index (χ4v) is 5.20. The van der Waals surface area contributed by atoms with Crippen LogP contribution < -0.4 is 0 Å². The Labute approximate surface area is 306 Å². The van der Waals surface area contributed by atoms with Crippen LogP contribution in [0.2, 0.25) is 0 Å². The summed E-state index contributed by atoms with van der Waals surface area (Å²) in [5.74, 6) is 0.147. The number of hydrogen-bond acceptors (Lipinski definition) is 6. The molecule has 0 spiro atoms. The van der Waals surface area contributed by atoms with E-state index >= 15 is 0 Å². The van der Waals surface area contributed by atoms with Crippen LogP contribution in [0.1, 0.15) is 162 Å². The third-order valence-corrected chi connectivity index (χ3v) is 8.23. The van der Waals surface area contributed by atoms with Crippen LogP contribution in [0.3, 0.4) is 0 Å². The van der Waals surface area contributed by atoms with Gasteiger partial charge in [0.15, 0.2) is 0 Å². The minimum Gasteiger partial charge on any atom is -0.463 e. The Morgan fingerprint density at radius 2 is 1.04 bits per heavy atom. The number of carbonyl (C=O) groups is 2. The third kappa shape index (κ3) is 38.1. The molecule has 0 heterocycles. The molecule has 6 nitrogen and oxygen atoms in total. The number of aliphatic hydroxyl groups excluding tert-OH is 2. The first-order valence-electron chi connectivity index (χ1n) is 20.0. The van der Waals surface area contributed by atoms with Crippen LogP contribution in [0.15, 0.2) is 72.9 Å². The Kier molecular flexibility index (Phi) is 35.5. The standard InChI is InChI=1S/C44H74O6/c1-4-5-6-7-24-29-34-41(45)35-30-25-20-16-13-14-18-22-27-32-37-44(48)50-39-42(46)38-49-43(47)36-31-26-21-17-12-10-8-9-11-15-19-23-28-33-40(2)3/h5-6,13-14,20,22,24-25,27,29-30,35,40-42,45-46H,4,7-12,15-19,21,23,26,28,31-34,36-39H2,1-3H3/b6-5-,14-13-,25-20-,27-22-,29-24-,35-30+/t41?,42-/m1/s1. The molecule has 0 aromatic carbocycles. The van der Waals surface area contributed by atoms with Crippen molar-refractivity contribution in [2.45, 2.75) is 174 Å². The van der Waals surface area contributed by atoms with Crippen molar-refractivity contribution < 1.29 is 29.3 Å². The van der Waals surface area contributed by atoms with E-state index in [1.54, 1.807) is 6.08 Å². The van der Waals surface area contributed by atoms with E-state index in [1.165, 1.54) is 70.6 Å². The topological polar surface area (TPSA) is 93.1 Å². The first-order valence-corrected chi connectivity index (χ1v) is 20.0. The van der Waals surface area contributed by atoms with Crippen LogP contribution in [0, 0.1) is 5.92 Å². The Balaban J connectivity index is 3.64. The summed E-state index contributed by atoms with van der Waals surface area (Å²) in [5.41, 5.74) is 0. The zero-order valence-electron chi connectivity index (χ0n) is 32.2. The lowest BCUT2D eigenvalue weighted by molar-refractivity contribution is -0.152. The second-order valence-corrected chi connectivity index (χ2v) is 13.7.